The molecular weight excluding hydrogens is 615 g/mol. The smallest absolute Gasteiger partial charge is 0.160 e. The lowest BCUT2D eigenvalue weighted by atomic mass is 9.68. The van der Waals surface area contributed by atoms with Crippen molar-refractivity contribution in [2.45, 2.75) is 37.5 Å². The molecule has 2 aliphatic rings. The minimum Gasteiger partial charge on any atom is -0.265 e. The Bertz CT molecular complexity index is 2520. The Labute approximate surface area is 290 Å². The van der Waals surface area contributed by atoms with E-state index in [1.54, 1.807) is 11.3 Å². The van der Waals surface area contributed by atoms with Gasteiger partial charge in [0.1, 0.15) is 0 Å². The summed E-state index contributed by atoms with van der Waals surface area (Å²) < 4.78 is 2.32. The number of aromatic nitrogens is 3. The summed E-state index contributed by atoms with van der Waals surface area (Å²) in [5.41, 5.74) is 15.1. The van der Waals surface area contributed by atoms with E-state index in [9.17, 15) is 0 Å². The average Bonchev–Trinajstić information content (AvgIpc) is 3.69. The molecule has 3 nitrogen and oxygen atoms in total. The highest BCUT2D eigenvalue weighted by atomic mass is 32.1. The molecule has 0 atom stereocenters. The first-order valence-electron chi connectivity index (χ1n) is 17.3. The van der Waals surface area contributed by atoms with Crippen molar-refractivity contribution in [2.24, 2.45) is 0 Å². The standard InChI is InChI=1S/C45H33N3S/c1-6-24-45(25-7-1)37-15-4-2-12-35(37)40-34(14-9-16-38(40)45)33-11-8-10-32(28-33)29-18-20-31(21-19-29)44-47-41(30-22-26-46-27-23-30)43-42(48-44)36-13-3-5-17-39(36)49-43/h2-5,8-23,26-28H,1,6-7,24-25H2. The van der Waals surface area contributed by atoms with E-state index in [1.165, 1.54) is 86.7 Å². The lowest BCUT2D eigenvalue weighted by Gasteiger charge is -2.36. The first kappa shape index (κ1) is 28.6. The van der Waals surface area contributed by atoms with Crippen molar-refractivity contribution in [1.82, 2.24) is 15.0 Å². The Balaban J connectivity index is 1.05. The van der Waals surface area contributed by atoms with Gasteiger partial charge in [-0.1, -0.05) is 122 Å². The molecule has 5 aromatic carbocycles. The van der Waals surface area contributed by atoms with E-state index in [2.05, 4.69) is 120 Å². The van der Waals surface area contributed by atoms with Crippen LogP contribution in [0.1, 0.15) is 43.2 Å². The van der Waals surface area contributed by atoms with Crippen LogP contribution in [0.5, 0.6) is 0 Å². The Morgan fingerprint density at radius 1 is 0.531 bits per heavy atom. The number of hydrogen-bond acceptors (Lipinski definition) is 4. The van der Waals surface area contributed by atoms with Crippen molar-refractivity contribution in [3.63, 3.8) is 0 Å². The number of hydrogen-bond donors (Lipinski definition) is 0. The average molecular weight is 648 g/mol. The normalized spacial score (nSPS) is 14.7. The molecule has 0 bridgehead atoms. The molecule has 0 N–H and O–H groups in total. The third-order valence-electron chi connectivity index (χ3n) is 10.8. The lowest BCUT2D eigenvalue weighted by molar-refractivity contribution is 0.353. The number of thiophene rings is 1. The van der Waals surface area contributed by atoms with E-state index in [4.69, 9.17) is 9.97 Å². The van der Waals surface area contributed by atoms with Gasteiger partial charge in [-0.15, -0.1) is 11.3 Å². The number of benzene rings is 5. The summed E-state index contributed by atoms with van der Waals surface area (Å²) in [6.45, 7) is 0. The van der Waals surface area contributed by atoms with Crippen molar-refractivity contribution in [1.29, 1.82) is 0 Å². The van der Waals surface area contributed by atoms with Crippen LogP contribution in [-0.4, -0.2) is 15.0 Å². The van der Waals surface area contributed by atoms with Crippen LogP contribution >= 0.6 is 11.3 Å². The van der Waals surface area contributed by atoms with Crippen molar-refractivity contribution >= 4 is 31.6 Å². The van der Waals surface area contributed by atoms with E-state index in [0.717, 1.165) is 32.9 Å². The van der Waals surface area contributed by atoms with Gasteiger partial charge in [0.2, 0.25) is 0 Å². The molecule has 1 spiro atoms. The van der Waals surface area contributed by atoms with Gasteiger partial charge in [0, 0.05) is 39.0 Å². The minimum atomic E-state index is 0.158. The summed E-state index contributed by atoms with van der Waals surface area (Å²) in [7, 11) is 0. The van der Waals surface area contributed by atoms with E-state index in [0.29, 0.717) is 0 Å². The van der Waals surface area contributed by atoms with Gasteiger partial charge in [-0.25, -0.2) is 9.97 Å². The predicted molar refractivity (Wildman–Crippen MR) is 204 cm³/mol. The van der Waals surface area contributed by atoms with Crippen LogP contribution in [0.25, 0.3) is 76.3 Å². The number of pyridine rings is 1. The van der Waals surface area contributed by atoms with E-state index < -0.39 is 0 Å². The van der Waals surface area contributed by atoms with Gasteiger partial charge >= 0.3 is 0 Å². The van der Waals surface area contributed by atoms with Gasteiger partial charge in [0.15, 0.2) is 5.82 Å². The molecule has 234 valence electrons. The topological polar surface area (TPSA) is 38.7 Å². The molecule has 0 amide bonds. The second kappa shape index (κ2) is 11.3. The molecule has 0 aliphatic heterocycles. The van der Waals surface area contributed by atoms with Crippen LogP contribution in [0.2, 0.25) is 0 Å². The Hall–Kier alpha value is -5.45. The first-order valence-corrected chi connectivity index (χ1v) is 18.1. The molecule has 4 heteroatoms. The van der Waals surface area contributed by atoms with Crippen LogP contribution in [0.4, 0.5) is 0 Å². The van der Waals surface area contributed by atoms with Gasteiger partial charge in [0.25, 0.3) is 0 Å². The SMILES string of the molecule is c1cc(-c2ccc(-c3nc(-c4ccncc4)c4sc5ccccc5c4n3)cc2)cc(-c2cccc3c2-c2ccccc2C32CCCCC2)c1. The van der Waals surface area contributed by atoms with E-state index in [-0.39, 0.29) is 5.41 Å². The van der Waals surface area contributed by atoms with Crippen molar-refractivity contribution in [3.8, 4) is 56.0 Å². The Kier molecular flexibility index (Phi) is 6.60. The van der Waals surface area contributed by atoms with Crippen molar-refractivity contribution < 1.29 is 0 Å². The Morgan fingerprint density at radius 3 is 2.12 bits per heavy atom. The third-order valence-corrected chi connectivity index (χ3v) is 12.0. The van der Waals surface area contributed by atoms with Crippen LogP contribution in [0.15, 0.2) is 140 Å². The molecule has 2 aliphatic carbocycles. The van der Waals surface area contributed by atoms with Gasteiger partial charge in [-0.2, -0.15) is 0 Å². The van der Waals surface area contributed by atoms with E-state index >= 15 is 0 Å². The highest BCUT2D eigenvalue weighted by Crippen LogP contribution is 2.57. The minimum absolute atomic E-state index is 0.158. The first-order chi connectivity index (χ1) is 24.3. The molecule has 1 fully saturated rings. The van der Waals surface area contributed by atoms with Crippen molar-refractivity contribution in [3.05, 3.63) is 151 Å². The maximum absolute atomic E-state index is 5.15. The molecule has 3 heterocycles. The molecule has 0 unspecified atom stereocenters. The zero-order valence-corrected chi connectivity index (χ0v) is 27.9. The Morgan fingerprint density at radius 2 is 1.24 bits per heavy atom. The summed E-state index contributed by atoms with van der Waals surface area (Å²) in [6, 6.07) is 46.6. The second-order valence-corrected chi connectivity index (χ2v) is 14.5. The summed E-state index contributed by atoms with van der Waals surface area (Å²) in [4.78, 5) is 14.5. The fourth-order valence-electron chi connectivity index (χ4n) is 8.54. The zero-order chi connectivity index (χ0) is 32.4. The largest absolute Gasteiger partial charge is 0.265 e. The molecular formula is C45H33N3S. The quantitative estimate of drug-likeness (QED) is 0.191. The third kappa shape index (κ3) is 4.51. The predicted octanol–water partition coefficient (Wildman–Crippen LogP) is 12.1. The maximum Gasteiger partial charge on any atom is 0.160 e. The van der Waals surface area contributed by atoms with Crippen LogP contribution < -0.4 is 0 Å². The molecule has 8 aromatic rings. The van der Waals surface area contributed by atoms with Crippen LogP contribution in [0, 0.1) is 0 Å². The molecule has 49 heavy (non-hydrogen) atoms. The lowest BCUT2D eigenvalue weighted by Crippen LogP contribution is -2.27. The number of rotatable bonds is 4. The summed E-state index contributed by atoms with van der Waals surface area (Å²) in [5, 5.41) is 1.17. The van der Waals surface area contributed by atoms with Gasteiger partial charge in [0.05, 0.1) is 15.9 Å². The monoisotopic (exact) mass is 647 g/mol. The summed E-state index contributed by atoms with van der Waals surface area (Å²) in [5.74, 6) is 0.735. The van der Waals surface area contributed by atoms with Crippen molar-refractivity contribution in [2.75, 3.05) is 0 Å². The molecule has 10 rings (SSSR count). The molecule has 1 saturated carbocycles. The molecule has 0 radical (unpaired) electrons. The van der Waals surface area contributed by atoms with Crippen LogP contribution in [-0.2, 0) is 5.41 Å². The van der Waals surface area contributed by atoms with Gasteiger partial charge < -0.3 is 0 Å². The van der Waals surface area contributed by atoms with E-state index in [1.807, 2.05) is 24.5 Å². The maximum atomic E-state index is 5.15. The highest BCUT2D eigenvalue weighted by molar-refractivity contribution is 7.26. The number of fused-ring (bicyclic) bond motifs is 8. The second-order valence-electron chi connectivity index (χ2n) is 13.5. The zero-order valence-electron chi connectivity index (χ0n) is 27.1. The van der Waals surface area contributed by atoms with Gasteiger partial charge in [-0.3, -0.25) is 4.98 Å². The fourth-order valence-corrected chi connectivity index (χ4v) is 9.70. The molecule has 3 aromatic heterocycles. The fraction of sp³-hybridized carbons (Fsp3) is 0.133. The van der Waals surface area contributed by atoms with Crippen LogP contribution in [0.3, 0.4) is 0 Å². The summed E-state index contributed by atoms with van der Waals surface area (Å²) >= 11 is 1.75. The summed E-state index contributed by atoms with van der Waals surface area (Å²) in [6.07, 6.45) is 10.1. The molecule has 0 saturated heterocycles. The highest BCUT2D eigenvalue weighted by Gasteiger charge is 2.44. The van der Waals surface area contributed by atoms with Gasteiger partial charge in [-0.05, 0) is 81.6 Å². The number of nitrogens with zero attached hydrogens (tertiary/aromatic N) is 3.